The van der Waals surface area contributed by atoms with Gasteiger partial charge in [0.1, 0.15) is 6.54 Å². The zero-order valence-corrected chi connectivity index (χ0v) is 8.12. The highest BCUT2D eigenvalue weighted by Gasteiger charge is 2.13. The highest BCUT2D eigenvalue weighted by molar-refractivity contribution is 5.82. The van der Waals surface area contributed by atoms with E-state index in [9.17, 15) is 9.59 Å². The molecule has 0 aliphatic heterocycles. The predicted molar refractivity (Wildman–Crippen MR) is 51.6 cm³/mol. The minimum atomic E-state index is -1.02. The van der Waals surface area contributed by atoms with Gasteiger partial charge in [-0.2, -0.15) is 0 Å². The molecular weight excluding hydrogens is 184 g/mol. The summed E-state index contributed by atoms with van der Waals surface area (Å²) in [6.45, 7) is 2.21. The van der Waals surface area contributed by atoms with E-state index in [1.807, 2.05) is 0 Å². The third-order valence-corrected chi connectivity index (χ3v) is 1.56. The van der Waals surface area contributed by atoms with E-state index in [1.165, 1.54) is 4.90 Å². The van der Waals surface area contributed by atoms with Gasteiger partial charge in [0, 0.05) is 6.54 Å². The molecule has 5 nitrogen and oxygen atoms in total. The monoisotopic (exact) mass is 198 g/mol. The Kier molecular flexibility index (Phi) is 6.16. The molecule has 0 aliphatic carbocycles. The molecule has 0 radical (unpaired) electrons. The van der Waals surface area contributed by atoms with Gasteiger partial charge >= 0.3 is 5.97 Å². The molecule has 0 aromatic heterocycles. The van der Waals surface area contributed by atoms with Crippen molar-refractivity contribution in [2.45, 2.75) is 6.92 Å². The van der Waals surface area contributed by atoms with Crippen LogP contribution in [-0.2, 0) is 9.59 Å². The van der Waals surface area contributed by atoms with E-state index in [4.69, 9.17) is 11.5 Å². The number of likely N-dealkylation sites (N-methyl/N-ethyl adjacent to an activating group) is 1. The molecule has 0 spiro atoms. The fraction of sp³-hybridized carbons (Fsp3) is 0.556. The number of aliphatic carboxylic acids is 1. The van der Waals surface area contributed by atoms with Crippen LogP contribution in [0.4, 0.5) is 0 Å². The molecule has 14 heavy (non-hydrogen) atoms. The van der Waals surface area contributed by atoms with Crippen molar-refractivity contribution in [3.05, 3.63) is 0 Å². The summed E-state index contributed by atoms with van der Waals surface area (Å²) in [7, 11) is 0. The zero-order chi connectivity index (χ0) is 11.0. The van der Waals surface area contributed by atoms with E-state index >= 15 is 0 Å². The number of hydrogen-bond donors (Lipinski definition) is 2. The number of carboxylic acid groups (broad SMARTS) is 1. The Labute approximate surface area is 83.1 Å². The van der Waals surface area contributed by atoms with Crippen LogP contribution in [0.15, 0.2) is 0 Å². The Morgan fingerprint density at radius 1 is 1.57 bits per heavy atom. The smallest absolute Gasteiger partial charge is 0.323 e. The summed E-state index contributed by atoms with van der Waals surface area (Å²) in [5.41, 5.74) is 0. The largest absolute Gasteiger partial charge is 0.480 e. The van der Waals surface area contributed by atoms with Crippen LogP contribution in [0.5, 0.6) is 0 Å². The molecule has 5 heteroatoms. The van der Waals surface area contributed by atoms with Gasteiger partial charge in [-0.1, -0.05) is 5.92 Å². The molecule has 0 saturated heterocycles. The lowest BCUT2D eigenvalue weighted by molar-refractivity contribution is -0.143. The number of nitrogens with zero attached hydrogens (tertiary/aromatic N) is 1. The molecule has 0 bridgehead atoms. The lowest BCUT2D eigenvalue weighted by Crippen LogP contribution is -2.41. The van der Waals surface area contributed by atoms with Gasteiger partial charge in [-0.25, -0.2) is 0 Å². The lowest BCUT2D eigenvalue weighted by atomic mass is 10.4. The minimum absolute atomic E-state index is 0.0747. The summed E-state index contributed by atoms with van der Waals surface area (Å²) < 4.78 is 0. The van der Waals surface area contributed by atoms with Crippen molar-refractivity contribution in [2.75, 3.05) is 26.2 Å². The van der Waals surface area contributed by atoms with Crippen LogP contribution in [0.2, 0.25) is 0 Å². The fourth-order valence-electron chi connectivity index (χ4n) is 0.893. The molecule has 1 amide bonds. The Morgan fingerprint density at radius 2 is 2.21 bits per heavy atom. The first-order valence-electron chi connectivity index (χ1n) is 4.25. The maximum Gasteiger partial charge on any atom is 0.323 e. The number of nitrogens with one attached hydrogen (secondary N) is 1. The maximum absolute atomic E-state index is 11.3. The van der Waals surface area contributed by atoms with E-state index in [1.54, 1.807) is 6.92 Å². The quantitative estimate of drug-likeness (QED) is 0.430. The summed E-state index contributed by atoms with van der Waals surface area (Å²) in [5.74, 6) is 1.05. The number of terminal acetylenes is 1. The average Bonchev–Trinajstić information content (AvgIpc) is 2.14. The van der Waals surface area contributed by atoms with Gasteiger partial charge in [0.05, 0.1) is 13.1 Å². The molecule has 0 unspecified atom stereocenters. The van der Waals surface area contributed by atoms with Gasteiger partial charge in [-0.05, 0) is 6.92 Å². The average molecular weight is 198 g/mol. The molecule has 0 atom stereocenters. The Hall–Kier alpha value is -1.54. The van der Waals surface area contributed by atoms with Crippen LogP contribution in [0, 0.1) is 12.3 Å². The van der Waals surface area contributed by atoms with Gasteiger partial charge in [0.2, 0.25) is 5.91 Å². The van der Waals surface area contributed by atoms with Crippen molar-refractivity contribution in [3.63, 3.8) is 0 Å². The Balaban J connectivity index is 3.93. The van der Waals surface area contributed by atoms with Crippen molar-refractivity contribution >= 4 is 11.9 Å². The highest BCUT2D eigenvalue weighted by Crippen LogP contribution is 1.88. The summed E-state index contributed by atoms with van der Waals surface area (Å²) in [4.78, 5) is 22.9. The van der Waals surface area contributed by atoms with Crippen LogP contribution in [-0.4, -0.2) is 48.1 Å². The molecule has 0 aliphatic rings. The minimum Gasteiger partial charge on any atom is -0.480 e. The van der Waals surface area contributed by atoms with Crippen LogP contribution in [0.3, 0.4) is 0 Å². The first-order chi connectivity index (χ1) is 6.61. The SMILES string of the molecule is C#CCNCC(=O)N(CC)CC(=O)O. The van der Waals surface area contributed by atoms with Crippen LogP contribution >= 0.6 is 0 Å². The third-order valence-electron chi connectivity index (χ3n) is 1.56. The van der Waals surface area contributed by atoms with Gasteiger partial charge in [0.15, 0.2) is 0 Å². The second-order valence-corrected chi connectivity index (χ2v) is 2.61. The number of carbonyl (C=O) groups excluding carboxylic acids is 1. The van der Waals surface area contributed by atoms with Crippen LogP contribution in [0.1, 0.15) is 6.92 Å². The van der Waals surface area contributed by atoms with E-state index in [0.29, 0.717) is 13.1 Å². The normalized spacial score (nSPS) is 9.14. The second kappa shape index (κ2) is 6.92. The highest BCUT2D eigenvalue weighted by atomic mass is 16.4. The number of carbonyl (C=O) groups is 2. The molecule has 0 aromatic carbocycles. The van der Waals surface area contributed by atoms with Crippen molar-refractivity contribution in [1.82, 2.24) is 10.2 Å². The Bertz CT molecular complexity index is 245. The topological polar surface area (TPSA) is 69.6 Å². The lowest BCUT2D eigenvalue weighted by Gasteiger charge is -2.18. The molecule has 0 heterocycles. The van der Waals surface area contributed by atoms with Crippen molar-refractivity contribution in [2.24, 2.45) is 0 Å². The summed E-state index contributed by atoms with van der Waals surface area (Å²) in [5, 5.41) is 11.2. The van der Waals surface area contributed by atoms with Crippen molar-refractivity contribution in [3.8, 4) is 12.3 Å². The third kappa shape index (κ3) is 5.17. The molecule has 0 aromatic rings. The van der Waals surface area contributed by atoms with Crippen molar-refractivity contribution in [1.29, 1.82) is 0 Å². The van der Waals surface area contributed by atoms with Gasteiger partial charge in [-0.3, -0.25) is 14.9 Å². The first kappa shape index (κ1) is 12.5. The van der Waals surface area contributed by atoms with Gasteiger partial charge in [-0.15, -0.1) is 6.42 Å². The maximum atomic E-state index is 11.3. The van der Waals surface area contributed by atoms with Crippen molar-refractivity contribution < 1.29 is 14.7 Å². The number of carboxylic acids is 1. The second-order valence-electron chi connectivity index (χ2n) is 2.61. The van der Waals surface area contributed by atoms with Gasteiger partial charge in [0.25, 0.3) is 0 Å². The molecule has 0 rings (SSSR count). The molecule has 2 N–H and O–H groups in total. The summed E-state index contributed by atoms with van der Waals surface area (Å²) in [6, 6.07) is 0. The number of amides is 1. The predicted octanol–water partition coefficient (Wildman–Crippen LogP) is -0.858. The first-order valence-corrected chi connectivity index (χ1v) is 4.25. The number of hydrogen-bond acceptors (Lipinski definition) is 3. The summed E-state index contributed by atoms with van der Waals surface area (Å²) in [6.07, 6.45) is 4.97. The van der Waals surface area contributed by atoms with E-state index < -0.39 is 5.97 Å². The zero-order valence-electron chi connectivity index (χ0n) is 8.12. The van der Waals surface area contributed by atoms with E-state index in [-0.39, 0.29) is 19.0 Å². The molecule has 78 valence electrons. The summed E-state index contributed by atoms with van der Waals surface area (Å²) >= 11 is 0. The van der Waals surface area contributed by atoms with E-state index in [2.05, 4.69) is 11.2 Å². The molecule has 0 fully saturated rings. The standard InChI is InChI=1S/C9H14N2O3/c1-3-5-10-6-8(12)11(4-2)7-9(13)14/h1,10H,4-7H2,2H3,(H,13,14). The van der Waals surface area contributed by atoms with E-state index in [0.717, 1.165) is 0 Å². The molecular formula is C9H14N2O3. The fourth-order valence-corrected chi connectivity index (χ4v) is 0.893. The Morgan fingerprint density at radius 3 is 2.64 bits per heavy atom. The van der Waals surface area contributed by atoms with Crippen LogP contribution < -0.4 is 5.32 Å². The number of rotatable bonds is 6. The van der Waals surface area contributed by atoms with Gasteiger partial charge < -0.3 is 10.0 Å². The van der Waals surface area contributed by atoms with Crippen LogP contribution in [0.25, 0.3) is 0 Å². The molecule has 0 saturated carbocycles.